The van der Waals surface area contributed by atoms with Crippen molar-refractivity contribution >= 4 is 11.9 Å². The fourth-order valence-electron chi connectivity index (χ4n) is 1.58. The van der Waals surface area contributed by atoms with Crippen LogP contribution in [0, 0.1) is 6.92 Å². The Morgan fingerprint density at radius 2 is 2.00 bits per heavy atom. The molecule has 1 aromatic heterocycles. The first kappa shape index (κ1) is 12.3. The van der Waals surface area contributed by atoms with Crippen LogP contribution in [0.2, 0.25) is 0 Å². The third-order valence-corrected chi connectivity index (χ3v) is 2.63. The molecule has 2 rings (SSSR count). The van der Waals surface area contributed by atoms with Gasteiger partial charge in [-0.3, -0.25) is 9.98 Å². The summed E-state index contributed by atoms with van der Waals surface area (Å²) in [6.45, 7) is 1.52. The van der Waals surface area contributed by atoms with Gasteiger partial charge in [-0.2, -0.15) is 0 Å². The number of pyridine rings is 1. The standard InChI is InChI=1S/C14H14N2O2/c1-10-14(18)13(11(9-17)7-15-10)8-16-12-5-3-2-4-6-12/h2-8,17-18H,9H2,1H3. The number of aromatic hydroxyl groups is 1. The third kappa shape index (κ3) is 2.55. The molecule has 0 saturated heterocycles. The molecule has 18 heavy (non-hydrogen) atoms. The maximum atomic E-state index is 9.92. The minimum absolute atomic E-state index is 0.0567. The zero-order valence-electron chi connectivity index (χ0n) is 10.0. The molecular formula is C14H14N2O2. The number of rotatable bonds is 3. The molecule has 2 N–H and O–H groups in total. The number of benzene rings is 1. The number of hydrogen-bond acceptors (Lipinski definition) is 4. The van der Waals surface area contributed by atoms with Crippen molar-refractivity contribution in [2.24, 2.45) is 4.99 Å². The second-order valence-electron chi connectivity index (χ2n) is 3.88. The number of nitrogens with zero attached hydrogens (tertiary/aromatic N) is 2. The van der Waals surface area contributed by atoms with Crippen molar-refractivity contribution in [3.8, 4) is 5.75 Å². The van der Waals surface area contributed by atoms with E-state index in [4.69, 9.17) is 0 Å². The van der Waals surface area contributed by atoms with E-state index in [1.807, 2.05) is 30.3 Å². The second kappa shape index (κ2) is 5.42. The molecule has 0 aliphatic carbocycles. The van der Waals surface area contributed by atoms with E-state index >= 15 is 0 Å². The second-order valence-corrected chi connectivity index (χ2v) is 3.88. The van der Waals surface area contributed by atoms with Gasteiger partial charge in [0, 0.05) is 23.5 Å². The van der Waals surface area contributed by atoms with Crippen LogP contribution in [0.3, 0.4) is 0 Å². The summed E-state index contributed by atoms with van der Waals surface area (Å²) in [7, 11) is 0. The predicted molar refractivity (Wildman–Crippen MR) is 70.3 cm³/mol. The van der Waals surface area contributed by atoms with Gasteiger partial charge in [0.25, 0.3) is 0 Å². The molecule has 0 saturated carbocycles. The summed E-state index contributed by atoms with van der Waals surface area (Å²) in [4.78, 5) is 8.26. The van der Waals surface area contributed by atoms with Gasteiger partial charge in [0.1, 0.15) is 5.75 Å². The molecule has 4 heteroatoms. The van der Waals surface area contributed by atoms with Gasteiger partial charge in [0.05, 0.1) is 18.0 Å². The number of aromatic nitrogens is 1. The van der Waals surface area contributed by atoms with Crippen molar-refractivity contribution in [3.05, 3.63) is 53.3 Å². The third-order valence-electron chi connectivity index (χ3n) is 2.63. The quantitative estimate of drug-likeness (QED) is 0.812. The highest BCUT2D eigenvalue weighted by Crippen LogP contribution is 2.22. The van der Waals surface area contributed by atoms with E-state index in [1.165, 1.54) is 0 Å². The van der Waals surface area contributed by atoms with Crippen molar-refractivity contribution in [2.45, 2.75) is 13.5 Å². The Morgan fingerprint density at radius 1 is 1.28 bits per heavy atom. The van der Waals surface area contributed by atoms with Gasteiger partial charge in [-0.15, -0.1) is 0 Å². The Hall–Kier alpha value is -2.20. The lowest BCUT2D eigenvalue weighted by Crippen LogP contribution is -1.97. The number of para-hydroxylation sites is 1. The molecule has 2 aromatic rings. The van der Waals surface area contributed by atoms with Crippen LogP contribution in [0.1, 0.15) is 16.8 Å². The molecule has 0 atom stereocenters. The monoisotopic (exact) mass is 242 g/mol. The van der Waals surface area contributed by atoms with Gasteiger partial charge < -0.3 is 10.2 Å². The van der Waals surface area contributed by atoms with Gasteiger partial charge in [-0.05, 0) is 19.1 Å². The largest absolute Gasteiger partial charge is 0.505 e. The Kier molecular flexibility index (Phi) is 3.69. The Morgan fingerprint density at radius 3 is 2.67 bits per heavy atom. The van der Waals surface area contributed by atoms with Crippen LogP contribution in [-0.4, -0.2) is 21.4 Å². The summed E-state index contributed by atoms with van der Waals surface area (Å²) >= 11 is 0. The number of aryl methyl sites for hydroxylation is 1. The van der Waals surface area contributed by atoms with Crippen LogP contribution in [0.5, 0.6) is 5.75 Å². The van der Waals surface area contributed by atoms with Gasteiger partial charge in [0.2, 0.25) is 0 Å². The fraction of sp³-hybridized carbons (Fsp3) is 0.143. The predicted octanol–water partition coefficient (Wildman–Crippen LogP) is 2.34. The van der Waals surface area contributed by atoms with E-state index in [0.717, 1.165) is 5.69 Å². The maximum absolute atomic E-state index is 9.92. The molecule has 0 unspecified atom stereocenters. The van der Waals surface area contributed by atoms with Crippen molar-refractivity contribution in [2.75, 3.05) is 0 Å². The first-order chi connectivity index (χ1) is 8.72. The van der Waals surface area contributed by atoms with Crippen molar-refractivity contribution in [1.29, 1.82) is 0 Å². The van der Waals surface area contributed by atoms with Crippen LogP contribution in [-0.2, 0) is 6.61 Å². The van der Waals surface area contributed by atoms with Crippen molar-refractivity contribution in [1.82, 2.24) is 4.98 Å². The summed E-state index contributed by atoms with van der Waals surface area (Å²) in [5.41, 5.74) is 2.36. The Labute approximate surface area is 105 Å². The highest BCUT2D eigenvalue weighted by Gasteiger charge is 2.08. The number of aliphatic hydroxyl groups is 1. The van der Waals surface area contributed by atoms with Crippen LogP contribution < -0.4 is 0 Å². The van der Waals surface area contributed by atoms with Gasteiger partial charge in [-0.25, -0.2) is 0 Å². The molecule has 1 heterocycles. The SMILES string of the molecule is Cc1ncc(CO)c(C=Nc2ccccc2)c1O. The molecule has 0 bridgehead atoms. The van der Waals surface area contributed by atoms with Crippen LogP contribution in [0.25, 0.3) is 0 Å². The van der Waals surface area contributed by atoms with E-state index in [0.29, 0.717) is 16.8 Å². The van der Waals surface area contributed by atoms with Crippen molar-refractivity contribution < 1.29 is 10.2 Å². The molecule has 4 nitrogen and oxygen atoms in total. The molecule has 0 amide bonds. The van der Waals surface area contributed by atoms with Gasteiger partial charge in [-0.1, -0.05) is 18.2 Å². The molecule has 0 fully saturated rings. The lowest BCUT2D eigenvalue weighted by Gasteiger charge is -2.06. The number of hydrogen-bond donors (Lipinski definition) is 2. The molecule has 0 aliphatic rings. The summed E-state index contributed by atoms with van der Waals surface area (Å²) in [5, 5.41) is 19.1. The zero-order chi connectivity index (χ0) is 13.0. The Balaban J connectivity index is 2.39. The van der Waals surface area contributed by atoms with E-state index in [-0.39, 0.29) is 12.4 Å². The highest BCUT2D eigenvalue weighted by atomic mass is 16.3. The topological polar surface area (TPSA) is 65.7 Å². The van der Waals surface area contributed by atoms with E-state index in [2.05, 4.69) is 9.98 Å². The van der Waals surface area contributed by atoms with Crippen molar-refractivity contribution in [3.63, 3.8) is 0 Å². The zero-order valence-corrected chi connectivity index (χ0v) is 10.0. The molecule has 0 aliphatic heterocycles. The minimum Gasteiger partial charge on any atom is -0.505 e. The lowest BCUT2D eigenvalue weighted by molar-refractivity contribution is 0.280. The van der Waals surface area contributed by atoms with Crippen LogP contribution in [0.15, 0.2) is 41.5 Å². The summed E-state index contributed by atoms with van der Waals surface area (Å²) in [6.07, 6.45) is 3.09. The Bertz CT molecular complexity index is 566. The van der Waals surface area contributed by atoms with Crippen LogP contribution in [0.4, 0.5) is 5.69 Å². The molecule has 0 radical (unpaired) electrons. The summed E-state index contributed by atoms with van der Waals surface area (Å²) in [6, 6.07) is 9.40. The minimum atomic E-state index is -0.184. The van der Waals surface area contributed by atoms with Gasteiger partial charge in [0.15, 0.2) is 0 Å². The molecule has 1 aromatic carbocycles. The van der Waals surface area contributed by atoms with E-state index < -0.39 is 0 Å². The normalized spacial score (nSPS) is 11.0. The average Bonchev–Trinajstić information content (AvgIpc) is 2.41. The average molecular weight is 242 g/mol. The molecular weight excluding hydrogens is 228 g/mol. The molecule has 0 spiro atoms. The summed E-state index contributed by atoms with van der Waals surface area (Å²) in [5.74, 6) is 0.0567. The van der Waals surface area contributed by atoms with E-state index in [1.54, 1.807) is 19.3 Å². The first-order valence-corrected chi connectivity index (χ1v) is 5.60. The lowest BCUT2D eigenvalue weighted by atomic mass is 10.1. The van der Waals surface area contributed by atoms with Crippen LogP contribution >= 0.6 is 0 Å². The maximum Gasteiger partial charge on any atom is 0.145 e. The number of aliphatic hydroxyl groups excluding tert-OH is 1. The highest BCUT2D eigenvalue weighted by molar-refractivity contribution is 5.87. The van der Waals surface area contributed by atoms with E-state index in [9.17, 15) is 10.2 Å². The molecule has 92 valence electrons. The smallest absolute Gasteiger partial charge is 0.145 e. The summed E-state index contributed by atoms with van der Waals surface area (Å²) < 4.78 is 0. The first-order valence-electron chi connectivity index (χ1n) is 5.60. The van der Waals surface area contributed by atoms with Gasteiger partial charge >= 0.3 is 0 Å². The fourth-order valence-corrected chi connectivity index (χ4v) is 1.58. The number of aliphatic imine (C=N–C) groups is 1.